The van der Waals surface area contributed by atoms with Crippen LogP contribution in [0.15, 0.2) is 30.4 Å². The second-order valence-electron chi connectivity index (χ2n) is 17.6. The lowest BCUT2D eigenvalue weighted by Gasteiger charge is -2.67. The van der Waals surface area contributed by atoms with Gasteiger partial charge in [0.25, 0.3) is 0 Å². The van der Waals surface area contributed by atoms with Crippen molar-refractivity contribution in [1.82, 2.24) is 4.57 Å². The molecule has 3 saturated carbocycles. The molecule has 0 radical (unpaired) electrons. The summed E-state index contributed by atoms with van der Waals surface area (Å²) >= 11 is 7.16. The number of ether oxygens (including phenoxy) is 4. The van der Waals surface area contributed by atoms with Gasteiger partial charge in [0.05, 0.1) is 23.3 Å². The van der Waals surface area contributed by atoms with Gasteiger partial charge in [0.15, 0.2) is 5.60 Å². The second-order valence-corrected chi connectivity index (χ2v) is 18.0. The first-order chi connectivity index (χ1) is 22.0. The van der Waals surface area contributed by atoms with Crippen LogP contribution < -0.4 is 0 Å². The Hall–Kier alpha value is -1.71. The molecule has 0 unspecified atom stereocenters. The molecule has 4 heterocycles. The Bertz CT molecular complexity index is 1860. The predicted molar refractivity (Wildman–Crippen MR) is 178 cm³/mol. The fourth-order valence-corrected chi connectivity index (χ4v) is 13.8. The first-order valence-corrected chi connectivity index (χ1v) is 18.1. The Morgan fingerprint density at radius 1 is 1.13 bits per heavy atom. The van der Waals surface area contributed by atoms with Gasteiger partial charge in [0, 0.05) is 64.4 Å². The molecule has 2 aromatic rings. The van der Waals surface area contributed by atoms with Gasteiger partial charge in [0.2, 0.25) is 0 Å². The van der Waals surface area contributed by atoms with Crippen LogP contribution in [0.25, 0.3) is 10.9 Å². The number of aromatic nitrogens is 1. The normalized spacial score (nSPS) is 50.8. The van der Waals surface area contributed by atoms with Gasteiger partial charge < -0.3 is 33.7 Å². The molecule has 3 aliphatic heterocycles. The van der Waals surface area contributed by atoms with E-state index in [1.54, 1.807) is 7.11 Å². The maximum absolute atomic E-state index is 13.5. The first-order valence-electron chi connectivity index (χ1n) is 17.7. The number of aryl methyl sites for hydroxylation is 1. The number of hydrogen-bond donors (Lipinski definition) is 2. The Morgan fingerprint density at radius 2 is 1.87 bits per heavy atom. The van der Waals surface area contributed by atoms with Gasteiger partial charge in [-0.2, -0.15) is 0 Å². The Balaban J connectivity index is 1.23. The lowest BCUT2D eigenvalue weighted by atomic mass is 9.40. The van der Waals surface area contributed by atoms with Crippen LogP contribution >= 0.6 is 11.6 Å². The number of aliphatic hydroxyl groups is 2. The summed E-state index contributed by atoms with van der Waals surface area (Å²) in [6.07, 6.45) is 3.22. The fraction of sp³-hybridized carbons (Fsp3) is 0.692. The van der Waals surface area contributed by atoms with Crippen molar-refractivity contribution in [2.24, 2.45) is 30.2 Å². The van der Waals surface area contributed by atoms with E-state index >= 15 is 0 Å². The van der Waals surface area contributed by atoms with Crippen LogP contribution in [-0.2, 0) is 43.4 Å². The van der Waals surface area contributed by atoms with Gasteiger partial charge in [-0.3, -0.25) is 0 Å². The number of hydrogen-bond acceptors (Lipinski definition) is 6. The monoisotopic (exact) mass is 661 g/mol. The molecule has 1 aromatic heterocycles. The van der Waals surface area contributed by atoms with Crippen molar-refractivity contribution in [1.29, 1.82) is 0 Å². The molecular formula is C39H48ClNO6. The molecule has 0 bridgehead atoms. The first kappa shape index (κ1) is 30.1. The molecule has 10 rings (SSSR count). The summed E-state index contributed by atoms with van der Waals surface area (Å²) in [5.74, 6) is 0.0367. The molecule has 0 amide bonds. The lowest BCUT2D eigenvalue weighted by Crippen LogP contribution is -2.76. The van der Waals surface area contributed by atoms with E-state index in [0.29, 0.717) is 17.9 Å². The average Bonchev–Trinajstić information content (AvgIpc) is 3.62. The molecule has 7 nitrogen and oxygen atoms in total. The van der Waals surface area contributed by atoms with Crippen molar-refractivity contribution >= 4 is 22.5 Å². The summed E-state index contributed by atoms with van der Waals surface area (Å²) in [6.45, 7) is 19.7. The quantitative estimate of drug-likeness (QED) is 0.289. The van der Waals surface area contributed by atoms with E-state index in [4.69, 9.17) is 30.5 Å². The standard InChI is InChI=1S/C39H48ClNO6/c1-17(2)29-31(44-9)33-39(47-33)25(45-29)11-12-35(6)36(7)20(10-13-37(35,39)42)30-27-26-23(41(8)32(27)36)16-22(40)19-14-18(3)21-15-24(34(4,5)46-30)38(21,43)28(19)26/h16,20-21,24-25,29-31,33,42-43H,1,3,10-15H2,2,4-9H3/t20-,21+,24-,25-,29+,30-,31-,33+,35+,36+,37-,38+,39-/m0/s1. The van der Waals surface area contributed by atoms with Crippen LogP contribution in [0.4, 0.5) is 0 Å². The molecule has 2 saturated heterocycles. The van der Waals surface area contributed by atoms with E-state index in [1.165, 1.54) is 11.3 Å². The van der Waals surface area contributed by atoms with Crippen molar-refractivity contribution in [3.05, 3.63) is 57.8 Å². The highest BCUT2D eigenvalue weighted by Crippen LogP contribution is 2.78. The summed E-state index contributed by atoms with van der Waals surface area (Å²) in [5, 5.41) is 28.2. The van der Waals surface area contributed by atoms with E-state index in [0.717, 1.165) is 58.9 Å². The molecule has 13 atom stereocenters. The predicted octanol–water partition coefficient (Wildman–Crippen LogP) is 6.33. The van der Waals surface area contributed by atoms with Crippen LogP contribution in [0.2, 0.25) is 5.02 Å². The van der Waals surface area contributed by atoms with Crippen molar-refractivity contribution in [2.75, 3.05) is 7.11 Å². The van der Waals surface area contributed by atoms with Crippen LogP contribution in [0.3, 0.4) is 0 Å². The maximum atomic E-state index is 13.5. The summed E-state index contributed by atoms with van der Waals surface area (Å²) in [7, 11) is 3.86. The van der Waals surface area contributed by atoms with E-state index in [2.05, 4.69) is 58.5 Å². The van der Waals surface area contributed by atoms with Crippen LogP contribution in [0.1, 0.15) is 95.2 Å². The number of benzene rings is 1. The van der Waals surface area contributed by atoms with Crippen LogP contribution in [-0.4, -0.2) is 63.1 Å². The van der Waals surface area contributed by atoms with Gasteiger partial charge in [0.1, 0.15) is 29.5 Å². The highest BCUT2D eigenvalue weighted by Gasteiger charge is 2.87. The molecule has 1 aromatic carbocycles. The molecule has 8 heteroatoms. The van der Waals surface area contributed by atoms with Gasteiger partial charge >= 0.3 is 0 Å². The lowest BCUT2D eigenvalue weighted by molar-refractivity contribution is -0.282. The molecule has 47 heavy (non-hydrogen) atoms. The molecule has 5 fully saturated rings. The molecule has 2 N–H and O–H groups in total. The Morgan fingerprint density at radius 3 is 2.57 bits per heavy atom. The average molecular weight is 662 g/mol. The summed E-state index contributed by atoms with van der Waals surface area (Å²) in [4.78, 5) is 0. The van der Waals surface area contributed by atoms with Crippen LogP contribution in [0.5, 0.6) is 0 Å². The number of epoxide rings is 1. The smallest absolute Gasteiger partial charge is 0.153 e. The highest BCUT2D eigenvalue weighted by molar-refractivity contribution is 6.32. The van der Waals surface area contributed by atoms with E-state index in [9.17, 15) is 10.2 Å². The molecule has 5 aliphatic carbocycles. The van der Waals surface area contributed by atoms with Crippen LogP contribution in [0, 0.1) is 23.2 Å². The minimum absolute atomic E-state index is 0.0137. The molecular weight excluding hydrogens is 614 g/mol. The molecule has 1 spiro atoms. The number of rotatable bonds is 2. The topological polar surface area (TPSA) is 85.6 Å². The Labute approximate surface area is 282 Å². The Kier molecular flexibility index (Phi) is 5.40. The van der Waals surface area contributed by atoms with Gasteiger partial charge in [-0.15, -0.1) is 0 Å². The summed E-state index contributed by atoms with van der Waals surface area (Å²) in [6, 6.07) is 2.10. The zero-order valence-electron chi connectivity index (χ0n) is 28.7. The summed E-state index contributed by atoms with van der Waals surface area (Å²) in [5.41, 5.74) is 2.71. The highest BCUT2D eigenvalue weighted by atomic mass is 35.5. The van der Waals surface area contributed by atoms with Crippen molar-refractivity contribution < 1.29 is 29.2 Å². The van der Waals surface area contributed by atoms with Gasteiger partial charge in [-0.25, -0.2) is 0 Å². The van der Waals surface area contributed by atoms with E-state index in [1.807, 2.05) is 6.92 Å². The summed E-state index contributed by atoms with van der Waals surface area (Å²) < 4.78 is 29.3. The number of fused-ring (bicyclic) bond motifs is 5. The minimum Gasteiger partial charge on any atom is -0.386 e. The van der Waals surface area contributed by atoms with Crippen molar-refractivity contribution in [2.45, 2.75) is 131 Å². The molecule has 252 valence electrons. The third-order valence-corrected chi connectivity index (χ3v) is 16.2. The van der Waals surface area contributed by atoms with Crippen molar-refractivity contribution in [3.8, 4) is 0 Å². The minimum atomic E-state index is -1.16. The zero-order valence-corrected chi connectivity index (χ0v) is 29.5. The zero-order chi connectivity index (χ0) is 33.2. The SMILES string of the molecule is C=C(C)[C@H]1O[C@H]2CC[C@@]3(C)[C@@](O)(CC[C@H]4[C@@H]5OC(C)(C)[C@@H]6C[C@@H]7C(=C)Cc8c(Cl)cc9c(c5c(n9C)[C@@]43C)c8[C@@]76O)[C@]23O[C@@H]3[C@H]1OC. The fourth-order valence-electron chi connectivity index (χ4n) is 13.5. The van der Waals surface area contributed by atoms with E-state index < -0.39 is 33.2 Å². The third kappa shape index (κ3) is 2.83. The van der Waals surface area contributed by atoms with E-state index in [-0.39, 0.29) is 48.3 Å². The largest absolute Gasteiger partial charge is 0.386 e. The third-order valence-electron chi connectivity index (χ3n) is 15.8. The number of methoxy groups -OCH3 is 1. The second kappa shape index (κ2) is 8.42. The number of nitrogens with zero attached hydrogens (tertiary/aromatic N) is 1. The van der Waals surface area contributed by atoms with Crippen molar-refractivity contribution in [3.63, 3.8) is 0 Å². The van der Waals surface area contributed by atoms with Gasteiger partial charge in [-0.1, -0.05) is 44.2 Å². The maximum Gasteiger partial charge on any atom is 0.153 e. The number of halogens is 1. The van der Waals surface area contributed by atoms with Gasteiger partial charge in [-0.05, 0) is 82.1 Å². The molecule has 8 aliphatic rings.